The molecule has 57 heavy (non-hydrogen) atoms. The zero-order chi connectivity index (χ0) is 40.4. The number of likely N-dealkylation sites (tertiary alicyclic amines) is 1. The molecule has 3 N–H and O–H groups in total. The lowest BCUT2D eigenvalue weighted by atomic mass is 9.90. The standard InChI is InChI=1S/C47H54ClN5O4/c1-32-37(11-9-14-42(32)55-22-10-21-53-20-7-5-18-47(53,2)3)38-12-8-13-40-39(38)16-17-43(40)57-45-27-44(56-31-35-24-33(28-49)23-34(25-35)29-50)36(26-41(45)48)30-52-19-6-4-15-46(51)54/h8-9,11-14,23-27,43,52H,4-7,10,15-22,30-31H2,1-3H3,(H2,51,54)/t43-/m0/s1. The van der Waals surface area contributed by atoms with Crippen LogP contribution in [0, 0.1) is 29.6 Å². The second kappa shape index (κ2) is 19.4. The number of carbonyl (C=O) groups is 1. The number of nitrogens with zero attached hydrogens (tertiary/aromatic N) is 3. The van der Waals surface area contributed by atoms with E-state index in [0.717, 1.165) is 54.7 Å². The molecule has 0 unspecified atom stereocenters. The molecule has 1 aliphatic carbocycles. The van der Waals surface area contributed by atoms with Crippen LogP contribution in [0.2, 0.25) is 5.02 Å². The Morgan fingerprint density at radius 1 is 0.947 bits per heavy atom. The van der Waals surface area contributed by atoms with Crippen LogP contribution in [0.25, 0.3) is 11.1 Å². The maximum absolute atomic E-state index is 11.1. The van der Waals surface area contributed by atoms with E-state index in [1.807, 2.05) is 12.1 Å². The van der Waals surface area contributed by atoms with Crippen LogP contribution in [0.4, 0.5) is 0 Å². The predicted octanol–water partition coefficient (Wildman–Crippen LogP) is 9.48. The summed E-state index contributed by atoms with van der Waals surface area (Å²) in [5, 5.41) is 22.9. The summed E-state index contributed by atoms with van der Waals surface area (Å²) < 4.78 is 19.5. The molecule has 1 atom stereocenters. The molecule has 0 aromatic heterocycles. The number of hydrogen-bond donors (Lipinski definition) is 2. The summed E-state index contributed by atoms with van der Waals surface area (Å²) in [6.45, 7) is 11.1. The molecule has 0 spiro atoms. The van der Waals surface area contributed by atoms with Gasteiger partial charge in [0.05, 0.1) is 34.9 Å². The topological polar surface area (TPSA) is 134 Å². The largest absolute Gasteiger partial charge is 0.493 e. The molecular weight excluding hydrogens is 734 g/mol. The number of hydrogen-bond acceptors (Lipinski definition) is 8. The molecule has 0 saturated carbocycles. The molecule has 1 saturated heterocycles. The number of primary amides is 1. The first kappa shape index (κ1) is 41.6. The minimum Gasteiger partial charge on any atom is -0.493 e. The summed E-state index contributed by atoms with van der Waals surface area (Å²) in [5.41, 5.74) is 13.8. The van der Waals surface area contributed by atoms with E-state index in [-0.39, 0.29) is 24.2 Å². The number of ether oxygens (including phenoxy) is 3. The summed E-state index contributed by atoms with van der Waals surface area (Å²) in [4.78, 5) is 13.8. The Balaban J connectivity index is 1.17. The highest BCUT2D eigenvalue weighted by atomic mass is 35.5. The van der Waals surface area contributed by atoms with Crippen molar-refractivity contribution in [1.82, 2.24) is 10.2 Å². The van der Waals surface area contributed by atoms with E-state index < -0.39 is 0 Å². The highest BCUT2D eigenvalue weighted by molar-refractivity contribution is 6.32. The van der Waals surface area contributed by atoms with Crippen LogP contribution in [0.3, 0.4) is 0 Å². The fourth-order valence-corrected chi connectivity index (χ4v) is 8.39. The maximum atomic E-state index is 11.1. The van der Waals surface area contributed by atoms with E-state index in [2.05, 4.69) is 79.5 Å². The van der Waals surface area contributed by atoms with Crippen molar-refractivity contribution in [1.29, 1.82) is 10.5 Å². The SMILES string of the molecule is Cc1c(OCCCN2CCCCC2(C)C)cccc1-c1cccc2c1CC[C@@H]2Oc1cc(OCc2cc(C#N)cc(C#N)c2)c(CNCCCCC(N)=O)cc1Cl. The number of nitriles is 2. The fraction of sp³-hybridized carbons (Fsp3) is 0.426. The van der Waals surface area contributed by atoms with Gasteiger partial charge in [-0.3, -0.25) is 9.69 Å². The van der Waals surface area contributed by atoms with Crippen LogP contribution >= 0.6 is 11.6 Å². The molecule has 6 rings (SSSR count). The van der Waals surface area contributed by atoms with Crippen molar-refractivity contribution >= 4 is 17.5 Å². The molecule has 1 fully saturated rings. The summed E-state index contributed by atoms with van der Waals surface area (Å²) in [5.74, 6) is 1.72. The molecule has 298 valence electrons. The predicted molar refractivity (Wildman–Crippen MR) is 224 cm³/mol. The van der Waals surface area contributed by atoms with E-state index in [0.29, 0.717) is 65.8 Å². The molecule has 2 aliphatic rings. The van der Waals surface area contributed by atoms with E-state index >= 15 is 0 Å². The summed E-state index contributed by atoms with van der Waals surface area (Å²) in [6.07, 6.45) is 8.15. The number of amides is 1. The van der Waals surface area contributed by atoms with E-state index in [4.69, 9.17) is 31.5 Å². The Morgan fingerprint density at radius 3 is 2.47 bits per heavy atom. The van der Waals surface area contributed by atoms with Gasteiger partial charge >= 0.3 is 0 Å². The molecule has 4 aromatic carbocycles. The highest BCUT2D eigenvalue weighted by Crippen LogP contribution is 2.44. The average Bonchev–Trinajstić information content (AvgIpc) is 3.61. The minimum atomic E-state index is -0.304. The molecule has 1 aliphatic heterocycles. The Kier molecular flexibility index (Phi) is 14.1. The molecule has 9 nitrogen and oxygen atoms in total. The van der Waals surface area contributed by atoms with Crippen LogP contribution in [-0.4, -0.2) is 42.6 Å². The average molecular weight is 788 g/mol. The van der Waals surface area contributed by atoms with Gasteiger partial charge in [0, 0.05) is 36.7 Å². The lowest BCUT2D eigenvalue weighted by molar-refractivity contribution is -0.118. The van der Waals surface area contributed by atoms with Crippen molar-refractivity contribution in [2.75, 3.05) is 26.2 Å². The van der Waals surface area contributed by atoms with E-state index in [9.17, 15) is 15.3 Å². The summed E-state index contributed by atoms with van der Waals surface area (Å²) in [6, 6.07) is 25.7. The molecular formula is C47H54ClN5O4. The van der Waals surface area contributed by atoms with Crippen molar-refractivity contribution in [2.45, 2.75) is 103 Å². The quantitative estimate of drug-likeness (QED) is 0.0953. The number of rotatable bonds is 18. The van der Waals surface area contributed by atoms with Gasteiger partial charge in [0.25, 0.3) is 0 Å². The number of unbranched alkanes of at least 4 members (excludes halogenated alkanes) is 1. The van der Waals surface area contributed by atoms with Gasteiger partial charge in [-0.2, -0.15) is 10.5 Å². The number of nitrogens with two attached hydrogens (primary N) is 1. The third-order valence-corrected chi connectivity index (χ3v) is 11.6. The van der Waals surface area contributed by atoms with E-state index in [1.54, 1.807) is 18.2 Å². The number of piperidine rings is 1. The Labute approximate surface area is 342 Å². The summed E-state index contributed by atoms with van der Waals surface area (Å²) in [7, 11) is 0. The number of fused-ring (bicyclic) bond motifs is 1. The number of halogens is 1. The van der Waals surface area contributed by atoms with Crippen LogP contribution in [-0.2, 0) is 24.4 Å². The van der Waals surface area contributed by atoms with Crippen molar-refractivity contribution in [2.24, 2.45) is 5.73 Å². The first-order valence-corrected chi connectivity index (χ1v) is 20.6. The monoisotopic (exact) mass is 787 g/mol. The normalized spacial score (nSPS) is 16.0. The lowest BCUT2D eigenvalue weighted by Crippen LogP contribution is -2.47. The lowest BCUT2D eigenvalue weighted by Gasteiger charge is -2.42. The van der Waals surface area contributed by atoms with Crippen LogP contribution in [0.5, 0.6) is 17.2 Å². The molecule has 10 heteroatoms. The highest BCUT2D eigenvalue weighted by Gasteiger charge is 2.30. The van der Waals surface area contributed by atoms with Gasteiger partial charge in [-0.25, -0.2) is 0 Å². The van der Waals surface area contributed by atoms with Gasteiger partial charge in [-0.05, 0) is 143 Å². The van der Waals surface area contributed by atoms with Gasteiger partial charge in [0.2, 0.25) is 5.91 Å². The second-order valence-electron chi connectivity index (χ2n) is 15.8. The second-order valence-corrected chi connectivity index (χ2v) is 16.2. The zero-order valence-corrected chi connectivity index (χ0v) is 34.2. The zero-order valence-electron chi connectivity index (χ0n) is 33.5. The third kappa shape index (κ3) is 10.7. The Morgan fingerprint density at radius 2 is 1.72 bits per heavy atom. The first-order valence-electron chi connectivity index (χ1n) is 20.2. The Bertz CT molecular complexity index is 2110. The van der Waals surface area contributed by atoms with Gasteiger partial charge < -0.3 is 25.3 Å². The molecule has 4 aromatic rings. The molecule has 0 radical (unpaired) electrons. The van der Waals surface area contributed by atoms with Crippen molar-refractivity contribution in [3.63, 3.8) is 0 Å². The van der Waals surface area contributed by atoms with Gasteiger partial charge in [0.15, 0.2) is 0 Å². The smallest absolute Gasteiger partial charge is 0.217 e. The van der Waals surface area contributed by atoms with E-state index in [1.165, 1.54) is 42.5 Å². The number of benzene rings is 4. The van der Waals surface area contributed by atoms with Gasteiger partial charge in [-0.1, -0.05) is 48.4 Å². The third-order valence-electron chi connectivity index (χ3n) is 11.3. The number of carbonyl (C=O) groups excluding carboxylic acids is 1. The first-order chi connectivity index (χ1) is 27.6. The maximum Gasteiger partial charge on any atom is 0.217 e. The van der Waals surface area contributed by atoms with Crippen molar-refractivity contribution < 1.29 is 19.0 Å². The van der Waals surface area contributed by atoms with Crippen LogP contribution in [0.1, 0.15) is 110 Å². The van der Waals surface area contributed by atoms with Crippen molar-refractivity contribution in [3.05, 3.63) is 111 Å². The Hall–Kier alpha value is -5.06. The van der Waals surface area contributed by atoms with Crippen LogP contribution in [0.15, 0.2) is 66.7 Å². The molecule has 0 bridgehead atoms. The molecule has 1 amide bonds. The van der Waals surface area contributed by atoms with Crippen LogP contribution < -0.4 is 25.3 Å². The summed E-state index contributed by atoms with van der Waals surface area (Å²) >= 11 is 6.93. The van der Waals surface area contributed by atoms with Gasteiger partial charge in [0.1, 0.15) is 30.0 Å². The van der Waals surface area contributed by atoms with Gasteiger partial charge in [-0.15, -0.1) is 0 Å². The molecule has 1 heterocycles. The van der Waals surface area contributed by atoms with Crippen molar-refractivity contribution in [3.8, 4) is 40.5 Å². The fourth-order valence-electron chi connectivity index (χ4n) is 8.16. The number of nitrogens with one attached hydrogen (secondary N) is 1. The minimum absolute atomic E-state index is 0.144.